The topological polar surface area (TPSA) is 51.4 Å². The Hall–Kier alpha value is -1.88. The van der Waals surface area contributed by atoms with Gasteiger partial charge in [0.05, 0.1) is 13.7 Å². The Morgan fingerprint density at radius 3 is 2.73 bits per heavy atom. The summed E-state index contributed by atoms with van der Waals surface area (Å²) in [5.74, 6) is 2.31. The molecule has 1 unspecified atom stereocenters. The standard InChI is InChI=1S/C17H23N3O2/c1-13-18-17(22-19-13)12-20-11-5-3-4-6-16(20)14-7-9-15(21-2)10-8-14/h7-10,16H,3-6,11-12H2,1-2H3. The summed E-state index contributed by atoms with van der Waals surface area (Å²) in [5, 5.41) is 3.90. The lowest BCUT2D eigenvalue weighted by atomic mass is 10.0. The van der Waals surface area contributed by atoms with Gasteiger partial charge < -0.3 is 9.26 Å². The molecule has 5 nitrogen and oxygen atoms in total. The predicted octanol–water partition coefficient (Wildman–Crippen LogP) is 3.50. The van der Waals surface area contributed by atoms with E-state index in [1.807, 2.05) is 19.1 Å². The number of ether oxygens (including phenoxy) is 1. The van der Waals surface area contributed by atoms with E-state index in [0.717, 1.165) is 18.8 Å². The molecule has 1 saturated heterocycles. The molecule has 1 atom stereocenters. The van der Waals surface area contributed by atoms with Crippen LogP contribution in [0, 0.1) is 6.92 Å². The smallest absolute Gasteiger partial charge is 0.240 e. The first-order chi connectivity index (χ1) is 10.8. The third kappa shape index (κ3) is 3.47. The summed E-state index contributed by atoms with van der Waals surface area (Å²) in [7, 11) is 1.70. The molecule has 0 spiro atoms. The van der Waals surface area contributed by atoms with Gasteiger partial charge in [-0.3, -0.25) is 4.90 Å². The number of aryl methyl sites for hydroxylation is 1. The minimum absolute atomic E-state index is 0.403. The summed E-state index contributed by atoms with van der Waals surface area (Å²) < 4.78 is 10.6. The number of hydrogen-bond acceptors (Lipinski definition) is 5. The van der Waals surface area contributed by atoms with Crippen molar-refractivity contribution in [1.29, 1.82) is 0 Å². The number of likely N-dealkylation sites (tertiary alicyclic amines) is 1. The van der Waals surface area contributed by atoms with Crippen LogP contribution < -0.4 is 4.74 Å². The number of aromatic nitrogens is 2. The van der Waals surface area contributed by atoms with Crippen molar-refractivity contribution in [2.24, 2.45) is 0 Å². The Bertz CT molecular complexity index is 594. The second-order valence-corrected chi connectivity index (χ2v) is 5.84. The van der Waals surface area contributed by atoms with Gasteiger partial charge in [0.25, 0.3) is 0 Å². The summed E-state index contributed by atoms with van der Waals surface area (Å²) in [5.41, 5.74) is 1.33. The van der Waals surface area contributed by atoms with Crippen LogP contribution in [0.3, 0.4) is 0 Å². The van der Waals surface area contributed by atoms with Gasteiger partial charge in [0.15, 0.2) is 5.82 Å². The van der Waals surface area contributed by atoms with Gasteiger partial charge >= 0.3 is 0 Å². The fourth-order valence-electron chi connectivity index (χ4n) is 3.14. The molecule has 1 fully saturated rings. The van der Waals surface area contributed by atoms with Crippen LogP contribution in [0.25, 0.3) is 0 Å². The molecule has 1 aliphatic heterocycles. The largest absolute Gasteiger partial charge is 0.497 e. The van der Waals surface area contributed by atoms with E-state index >= 15 is 0 Å². The molecule has 0 amide bonds. The van der Waals surface area contributed by atoms with Crippen LogP contribution >= 0.6 is 0 Å². The third-order valence-corrected chi connectivity index (χ3v) is 4.27. The molecule has 2 aromatic rings. The minimum Gasteiger partial charge on any atom is -0.497 e. The average molecular weight is 301 g/mol. The summed E-state index contributed by atoms with van der Waals surface area (Å²) in [4.78, 5) is 6.81. The van der Waals surface area contributed by atoms with E-state index in [1.54, 1.807) is 7.11 Å². The first-order valence-electron chi connectivity index (χ1n) is 7.93. The molecule has 0 radical (unpaired) electrons. The van der Waals surface area contributed by atoms with Crippen LogP contribution in [-0.2, 0) is 6.54 Å². The lowest BCUT2D eigenvalue weighted by molar-refractivity contribution is 0.168. The molecule has 0 bridgehead atoms. The summed E-state index contributed by atoms with van der Waals surface area (Å²) in [6.07, 6.45) is 4.93. The number of benzene rings is 1. The predicted molar refractivity (Wildman–Crippen MR) is 83.6 cm³/mol. The van der Waals surface area contributed by atoms with Crippen molar-refractivity contribution in [3.8, 4) is 5.75 Å². The molecular formula is C17H23N3O2. The first kappa shape index (κ1) is 15.0. The van der Waals surface area contributed by atoms with E-state index in [4.69, 9.17) is 9.26 Å². The van der Waals surface area contributed by atoms with Gasteiger partial charge in [0, 0.05) is 6.04 Å². The van der Waals surface area contributed by atoms with Gasteiger partial charge in [-0.25, -0.2) is 0 Å². The van der Waals surface area contributed by atoms with Crippen LogP contribution in [0.15, 0.2) is 28.8 Å². The van der Waals surface area contributed by atoms with Gasteiger partial charge in [-0.15, -0.1) is 0 Å². The normalized spacial score (nSPS) is 19.8. The third-order valence-electron chi connectivity index (χ3n) is 4.27. The maximum absolute atomic E-state index is 5.31. The Balaban J connectivity index is 1.80. The number of hydrogen-bond donors (Lipinski definition) is 0. The zero-order chi connectivity index (χ0) is 15.4. The van der Waals surface area contributed by atoms with Crippen molar-refractivity contribution in [2.45, 2.75) is 45.2 Å². The molecule has 0 saturated carbocycles. The minimum atomic E-state index is 0.403. The second kappa shape index (κ2) is 6.92. The molecule has 2 heterocycles. The van der Waals surface area contributed by atoms with Gasteiger partial charge in [-0.2, -0.15) is 4.98 Å². The highest BCUT2D eigenvalue weighted by atomic mass is 16.5. The maximum Gasteiger partial charge on any atom is 0.240 e. The van der Waals surface area contributed by atoms with Crippen molar-refractivity contribution in [2.75, 3.05) is 13.7 Å². The molecule has 118 valence electrons. The van der Waals surface area contributed by atoms with E-state index in [0.29, 0.717) is 17.8 Å². The highest BCUT2D eigenvalue weighted by Gasteiger charge is 2.24. The van der Waals surface area contributed by atoms with E-state index < -0.39 is 0 Å². The average Bonchev–Trinajstić information content (AvgIpc) is 2.81. The van der Waals surface area contributed by atoms with Gasteiger partial charge in [-0.1, -0.05) is 30.1 Å². The number of nitrogens with zero attached hydrogens (tertiary/aromatic N) is 3. The van der Waals surface area contributed by atoms with Crippen molar-refractivity contribution >= 4 is 0 Å². The van der Waals surface area contributed by atoms with Crippen LogP contribution in [0.2, 0.25) is 0 Å². The second-order valence-electron chi connectivity index (χ2n) is 5.84. The molecule has 1 aromatic heterocycles. The van der Waals surface area contributed by atoms with E-state index in [1.165, 1.54) is 31.2 Å². The lowest BCUT2D eigenvalue weighted by Crippen LogP contribution is -2.28. The summed E-state index contributed by atoms with van der Waals surface area (Å²) in [6.45, 7) is 3.64. The van der Waals surface area contributed by atoms with Gasteiger partial charge in [0.1, 0.15) is 5.75 Å². The summed E-state index contributed by atoms with van der Waals surface area (Å²) in [6, 6.07) is 8.81. The van der Waals surface area contributed by atoms with Crippen LogP contribution in [0.5, 0.6) is 5.75 Å². The van der Waals surface area contributed by atoms with Gasteiger partial charge in [0.2, 0.25) is 5.89 Å². The fourth-order valence-corrected chi connectivity index (χ4v) is 3.14. The maximum atomic E-state index is 5.31. The van der Waals surface area contributed by atoms with E-state index in [2.05, 4.69) is 27.2 Å². The molecule has 0 N–H and O–H groups in total. The zero-order valence-corrected chi connectivity index (χ0v) is 13.3. The molecule has 0 aliphatic carbocycles. The molecule has 22 heavy (non-hydrogen) atoms. The van der Waals surface area contributed by atoms with Crippen LogP contribution in [-0.4, -0.2) is 28.7 Å². The Kier molecular flexibility index (Phi) is 4.73. The molecule has 5 heteroatoms. The molecule has 1 aliphatic rings. The molecule has 3 rings (SSSR count). The van der Waals surface area contributed by atoms with E-state index in [9.17, 15) is 0 Å². The lowest BCUT2D eigenvalue weighted by Gasteiger charge is -2.29. The monoisotopic (exact) mass is 301 g/mol. The van der Waals surface area contributed by atoms with Crippen molar-refractivity contribution in [1.82, 2.24) is 15.0 Å². The van der Waals surface area contributed by atoms with Crippen molar-refractivity contribution < 1.29 is 9.26 Å². The van der Waals surface area contributed by atoms with Crippen LogP contribution in [0.1, 0.15) is 49.0 Å². The SMILES string of the molecule is COc1ccc(C2CCCCCN2Cc2nc(C)no2)cc1. The van der Waals surface area contributed by atoms with Crippen molar-refractivity contribution in [3.05, 3.63) is 41.5 Å². The number of methoxy groups -OCH3 is 1. The Morgan fingerprint density at radius 2 is 2.05 bits per heavy atom. The first-order valence-corrected chi connectivity index (χ1v) is 7.93. The molecule has 1 aromatic carbocycles. The van der Waals surface area contributed by atoms with Crippen molar-refractivity contribution in [3.63, 3.8) is 0 Å². The zero-order valence-electron chi connectivity index (χ0n) is 13.3. The number of rotatable bonds is 4. The van der Waals surface area contributed by atoms with E-state index in [-0.39, 0.29) is 0 Å². The molecular weight excluding hydrogens is 278 g/mol. The fraction of sp³-hybridized carbons (Fsp3) is 0.529. The highest BCUT2D eigenvalue weighted by molar-refractivity contribution is 5.29. The highest BCUT2D eigenvalue weighted by Crippen LogP contribution is 2.32. The van der Waals surface area contributed by atoms with Crippen LogP contribution in [0.4, 0.5) is 0 Å². The Morgan fingerprint density at radius 1 is 1.23 bits per heavy atom. The quantitative estimate of drug-likeness (QED) is 0.865. The van der Waals surface area contributed by atoms with Gasteiger partial charge in [-0.05, 0) is 44.0 Å². The Labute approximate surface area is 131 Å². The summed E-state index contributed by atoms with van der Waals surface area (Å²) >= 11 is 0.